The Balaban J connectivity index is 1.36. The predicted molar refractivity (Wildman–Crippen MR) is 119 cm³/mol. The van der Waals surface area contributed by atoms with Gasteiger partial charge in [0.2, 0.25) is 0 Å². The number of aliphatic hydroxyl groups is 1. The van der Waals surface area contributed by atoms with Gasteiger partial charge in [-0.1, -0.05) is 18.2 Å². The lowest BCUT2D eigenvalue weighted by molar-refractivity contribution is 0.143. The number of ether oxygens (including phenoxy) is 1. The van der Waals surface area contributed by atoms with Gasteiger partial charge in [-0.05, 0) is 37.3 Å². The molecule has 31 heavy (non-hydrogen) atoms. The molecule has 0 radical (unpaired) electrons. The molecular formula is C23H28FN4O3+. The number of piperazine rings is 1. The van der Waals surface area contributed by atoms with Crippen LogP contribution in [0.5, 0.6) is 0 Å². The molecule has 7 nitrogen and oxygen atoms in total. The maximum atomic E-state index is 14.9. The Bertz CT molecular complexity index is 888. The molecule has 2 aliphatic rings. The minimum atomic E-state index is -0.638. The van der Waals surface area contributed by atoms with Gasteiger partial charge in [-0.25, -0.2) is 9.18 Å². The van der Waals surface area contributed by atoms with Gasteiger partial charge in [0, 0.05) is 31.9 Å². The highest BCUT2D eigenvalue weighted by atomic mass is 19.1. The number of carbonyl (C=O) groups is 1. The number of aliphatic hydroxyl groups excluding tert-OH is 1. The van der Waals surface area contributed by atoms with Crippen LogP contribution in [0, 0.1) is 12.2 Å². The van der Waals surface area contributed by atoms with E-state index >= 15 is 0 Å². The van der Waals surface area contributed by atoms with Gasteiger partial charge in [0.1, 0.15) is 31.6 Å². The number of cyclic esters (lactones) is 1. The first kappa shape index (κ1) is 21.3. The monoisotopic (exact) mass is 427 g/mol. The van der Waals surface area contributed by atoms with Gasteiger partial charge in [0.05, 0.1) is 11.4 Å². The minimum Gasteiger partial charge on any atom is -0.402 e. The van der Waals surface area contributed by atoms with Crippen LogP contribution >= 0.6 is 0 Å². The molecule has 2 N–H and O–H groups in total. The third-order valence-corrected chi connectivity index (χ3v) is 5.61. The number of hydrogen-bond donors (Lipinski definition) is 2. The summed E-state index contributed by atoms with van der Waals surface area (Å²) in [6, 6.07) is 15.1. The lowest BCUT2D eigenvalue weighted by atomic mass is 10.2. The van der Waals surface area contributed by atoms with Gasteiger partial charge < -0.3 is 19.6 Å². The minimum absolute atomic E-state index is 0.314. The van der Waals surface area contributed by atoms with Gasteiger partial charge in [-0.2, -0.15) is 0 Å². The van der Waals surface area contributed by atoms with Crippen LogP contribution < -0.4 is 20.0 Å². The summed E-state index contributed by atoms with van der Waals surface area (Å²) in [6.45, 7) is 5.44. The molecular weight excluding hydrogens is 399 g/mol. The van der Waals surface area contributed by atoms with E-state index < -0.39 is 18.4 Å². The number of anilines is 3. The third-order valence-electron chi connectivity index (χ3n) is 5.61. The highest BCUT2D eigenvalue weighted by molar-refractivity contribution is 5.90. The predicted octanol–water partition coefficient (Wildman–Crippen LogP) is 2.61. The molecule has 1 unspecified atom stereocenters. The van der Waals surface area contributed by atoms with Crippen molar-refractivity contribution in [3.05, 3.63) is 60.8 Å². The molecule has 2 fully saturated rings. The molecule has 0 bridgehead atoms. The van der Waals surface area contributed by atoms with E-state index in [0.717, 1.165) is 26.2 Å². The average Bonchev–Trinajstić information content (AvgIpc) is 3.14. The normalized spacial score (nSPS) is 20.0. The molecule has 4 rings (SSSR count). The van der Waals surface area contributed by atoms with E-state index in [9.17, 15) is 14.3 Å². The first-order valence-electron chi connectivity index (χ1n) is 10.6. The number of halogens is 1. The number of nitrogens with zero attached hydrogens (tertiary/aromatic N) is 3. The van der Waals surface area contributed by atoms with Crippen molar-refractivity contribution in [2.45, 2.75) is 19.3 Å². The van der Waals surface area contributed by atoms with E-state index in [1.807, 2.05) is 23.1 Å². The van der Waals surface area contributed by atoms with Crippen LogP contribution in [0.1, 0.15) is 6.92 Å². The smallest absolute Gasteiger partial charge is 0.402 e. The molecule has 1 amide bonds. The Labute approximate surface area is 182 Å². The summed E-state index contributed by atoms with van der Waals surface area (Å²) < 4.78 is 20.3. The fourth-order valence-corrected chi connectivity index (χ4v) is 3.95. The number of rotatable bonds is 7. The summed E-state index contributed by atoms with van der Waals surface area (Å²) in [4.78, 5) is 18.0. The van der Waals surface area contributed by atoms with Crippen molar-refractivity contribution in [2.24, 2.45) is 0 Å². The Kier molecular flexibility index (Phi) is 6.48. The van der Waals surface area contributed by atoms with Crippen molar-refractivity contribution < 1.29 is 19.0 Å². The van der Waals surface area contributed by atoms with Crippen molar-refractivity contribution in [2.75, 3.05) is 54.0 Å². The van der Waals surface area contributed by atoms with E-state index in [-0.39, 0.29) is 5.82 Å². The van der Waals surface area contributed by atoms with Crippen LogP contribution in [0.25, 0.3) is 0 Å². The molecule has 164 valence electrons. The highest BCUT2D eigenvalue weighted by Crippen LogP contribution is 2.29. The molecule has 0 spiro atoms. The van der Waals surface area contributed by atoms with E-state index in [0.29, 0.717) is 24.5 Å². The summed E-state index contributed by atoms with van der Waals surface area (Å²) in [5.74, 6) is -0.346. The third kappa shape index (κ3) is 5.03. The van der Waals surface area contributed by atoms with Crippen molar-refractivity contribution in [1.82, 2.24) is 5.32 Å². The van der Waals surface area contributed by atoms with Crippen LogP contribution in [0.15, 0.2) is 48.5 Å². The Morgan fingerprint density at radius 1 is 1.13 bits per heavy atom. The Morgan fingerprint density at radius 2 is 1.84 bits per heavy atom. The molecule has 0 saturated carbocycles. The molecule has 2 saturated heterocycles. The van der Waals surface area contributed by atoms with E-state index in [1.54, 1.807) is 25.5 Å². The van der Waals surface area contributed by atoms with Gasteiger partial charge in [0.15, 0.2) is 0 Å². The first-order valence-corrected chi connectivity index (χ1v) is 10.6. The molecule has 2 aliphatic heterocycles. The largest absolute Gasteiger partial charge is 0.418 e. The van der Waals surface area contributed by atoms with Crippen LogP contribution in [0.3, 0.4) is 0 Å². The summed E-state index contributed by atoms with van der Waals surface area (Å²) >= 11 is 0. The number of hydrogen-bond acceptors (Lipinski definition) is 6. The number of nitrogens with one attached hydrogen (secondary N) is 1. The van der Waals surface area contributed by atoms with E-state index in [1.165, 1.54) is 16.7 Å². The zero-order valence-electron chi connectivity index (χ0n) is 17.6. The second-order valence-electron chi connectivity index (χ2n) is 7.80. The second-order valence-corrected chi connectivity index (χ2v) is 7.80. The van der Waals surface area contributed by atoms with Crippen molar-refractivity contribution in [1.29, 1.82) is 0 Å². The van der Waals surface area contributed by atoms with Crippen LogP contribution in [-0.2, 0) is 4.74 Å². The topological polar surface area (TPSA) is 68.3 Å². The lowest BCUT2D eigenvalue weighted by Gasteiger charge is -2.37. The van der Waals surface area contributed by atoms with Crippen LogP contribution in [0.4, 0.5) is 26.2 Å². The van der Waals surface area contributed by atoms with Crippen molar-refractivity contribution in [3.63, 3.8) is 0 Å². The molecule has 8 heteroatoms. The van der Waals surface area contributed by atoms with Crippen molar-refractivity contribution in [3.8, 4) is 0 Å². The van der Waals surface area contributed by atoms with E-state index in [2.05, 4.69) is 22.3 Å². The fraction of sp³-hybridized carbons (Fsp3) is 0.391. The molecule has 0 aliphatic carbocycles. The molecule has 2 atom stereocenters. The molecule has 2 aromatic rings. The van der Waals surface area contributed by atoms with Gasteiger partial charge in [-0.15, -0.1) is 0 Å². The van der Waals surface area contributed by atoms with Crippen molar-refractivity contribution >= 4 is 23.2 Å². The average molecular weight is 428 g/mol. The molecule has 0 aromatic heterocycles. The van der Waals surface area contributed by atoms with E-state index in [4.69, 9.17) is 4.74 Å². The second kappa shape index (κ2) is 9.45. The summed E-state index contributed by atoms with van der Waals surface area (Å²) in [5.41, 5.74) is 2.21. The van der Waals surface area contributed by atoms with Gasteiger partial charge >= 0.3 is 6.09 Å². The molecule has 2 heterocycles. The maximum absolute atomic E-state index is 14.9. The Hall–Kier alpha value is -2.97. The zero-order chi connectivity index (χ0) is 21.8. The summed E-state index contributed by atoms with van der Waals surface area (Å²) in [6.07, 6.45) is 0.233. The lowest BCUT2D eigenvalue weighted by Crippen LogP contribution is -2.46. The SMILES string of the molecule is CC(O)NC[CH+][C@H]1CN(c2ccc(N3CCN(c4ccccc4)CC3)c(F)c2)C(=O)O1. The fourth-order valence-electron chi connectivity index (χ4n) is 3.95. The highest BCUT2D eigenvalue weighted by Gasteiger charge is 2.37. The number of para-hydroxylation sites is 1. The van der Waals surface area contributed by atoms with Gasteiger partial charge in [0.25, 0.3) is 6.10 Å². The standard InChI is InChI=1S/C23H28FN4O3/c1-17(29)25-10-9-20-16-28(23(30)31-20)19-7-8-22(21(24)15-19)27-13-11-26(12-14-27)18-5-3-2-4-6-18/h2-9,15,17,20,25,29H,10-14,16H2,1H3/q+1/t17?,20-/m0/s1. The Morgan fingerprint density at radius 3 is 2.52 bits per heavy atom. The quantitative estimate of drug-likeness (QED) is 0.523. The first-order chi connectivity index (χ1) is 15.0. The number of amides is 1. The number of carbonyl (C=O) groups excluding carboxylic acids is 1. The summed E-state index contributed by atoms with van der Waals surface area (Å²) in [7, 11) is 0. The van der Waals surface area contributed by atoms with Gasteiger partial charge in [-0.3, -0.25) is 10.2 Å². The zero-order valence-corrected chi connectivity index (χ0v) is 17.6. The van der Waals surface area contributed by atoms with Crippen LogP contribution in [0.2, 0.25) is 0 Å². The maximum Gasteiger partial charge on any atom is 0.418 e. The number of benzene rings is 2. The van der Waals surface area contributed by atoms with Crippen LogP contribution in [-0.4, -0.2) is 62.8 Å². The summed E-state index contributed by atoms with van der Waals surface area (Å²) in [5, 5.41) is 12.1. The molecule has 2 aromatic carbocycles.